The summed E-state index contributed by atoms with van der Waals surface area (Å²) < 4.78 is 36.6. The molecule has 5 N–H and O–H groups in total. The molecular formula is C33H50N4O7S3. The molecule has 2 aromatic rings. The Morgan fingerprint density at radius 3 is 2.34 bits per heavy atom. The van der Waals surface area contributed by atoms with Gasteiger partial charge in [0.1, 0.15) is 12.1 Å². The molecule has 0 bridgehead atoms. The van der Waals surface area contributed by atoms with Crippen LogP contribution in [0.2, 0.25) is 0 Å². The van der Waals surface area contributed by atoms with E-state index >= 15 is 0 Å². The average Bonchev–Trinajstić information content (AvgIpc) is 3.57. The van der Waals surface area contributed by atoms with Crippen molar-refractivity contribution in [2.45, 2.75) is 99.1 Å². The number of amides is 2. The molecule has 14 heteroatoms. The monoisotopic (exact) mass is 710 g/mol. The Morgan fingerprint density at radius 2 is 1.70 bits per heavy atom. The molecule has 0 radical (unpaired) electrons. The van der Waals surface area contributed by atoms with Crippen molar-refractivity contribution in [1.29, 1.82) is 0 Å². The van der Waals surface area contributed by atoms with Crippen molar-refractivity contribution in [3.63, 3.8) is 0 Å². The standard InChI is InChI=1S/C33H50N4O7S3/c1-23(2)20-28(38)30(39)26(21-24-10-5-3-6-11-24)34-32(41)33(46-29-14-9-19-45-29)35-31(40)27(22-25-12-7-4-8-13-25)36-47(42,43)37-15-17-44-18-16-37/h4,7-9,12-14,19,23-24,26-28,30,33,36,38-39H,3,5-6,10-11,15-18,20-22H2,1-2H3,(H,34,41)(H,35,40)/t26-,27-,28-,30+,33?/m0/s1. The maximum atomic E-state index is 14.0. The fourth-order valence-corrected chi connectivity index (χ4v) is 9.31. The molecule has 11 nitrogen and oxygen atoms in total. The van der Waals surface area contributed by atoms with Crippen LogP contribution in [0.15, 0.2) is 52.1 Å². The number of hydrogen-bond donors (Lipinski definition) is 5. The Morgan fingerprint density at radius 1 is 1.00 bits per heavy atom. The highest BCUT2D eigenvalue weighted by molar-refractivity contribution is 8.02. The molecule has 47 heavy (non-hydrogen) atoms. The van der Waals surface area contributed by atoms with E-state index in [9.17, 15) is 28.2 Å². The number of benzene rings is 1. The van der Waals surface area contributed by atoms with Gasteiger partial charge in [-0.1, -0.05) is 94.1 Å². The van der Waals surface area contributed by atoms with Crippen molar-refractivity contribution < 1.29 is 33.0 Å². The number of ether oxygens (including phenoxy) is 1. The fraction of sp³-hybridized carbons (Fsp3) is 0.636. The maximum Gasteiger partial charge on any atom is 0.280 e. The van der Waals surface area contributed by atoms with Gasteiger partial charge in [0.2, 0.25) is 5.91 Å². The smallest absolute Gasteiger partial charge is 0.280 e. The Balaban J connectivity index is 1.56. The largest absolute Gasteiger partial charge is 0.390 e. The summed E-state index contributed by atoms with van der Waals surface area (Å²) >= 11 is 2.56. The highest BCUT2D eigenvalue weighted by Gasteiger charge is 2.36. The van der Waals surface area contributed by atoms with Gasteiger partial charge in [-0.2, -0.15) is 17.4 Å². The van der Waals surface area contributed by atoms with Crippen LogP contribution >= 0.6 is 23.1 Å². The predicted octanol–water partition coefficient (Wildman–Crippen LogP) is 3.28. The second-order valence-corrected chi connectivity index (χ2v) is 16.9. The lowest BCUT2D eigenvalue weighted by atomic mass is 9.82. The van der Waals surface area contributed by atoms with Gasteiger partial charge in [-0.25, -0.2) is 0 Å². The maximum absolute atomic E-state index is 14.0. The summed E-state index contributed by atoms with van der Waals surface area (Å²) in [6, 6.07) is 10.8. The van der Waals surface area contributed by atoms with E-state index in [0.717, 1.165) is 53.6 Å². The van der Waals surface area contributed by atoms with Crippen LogP contribution in [0.4, 0.5) is 0 Å². The summed E-state index contributed by atoms with van der Waals surface area (Å²) in [4.78, 5) is 28.0. The predicted molar refractivity (Wildman–Crippen MR) is 185 cm³/mol. The summed E-state index contributed by atoms with van der Waals surface area (Å²) in [5.74, 6) is -0.727. The Labute approximate surface area is 287 Å². The lowest BCUT2D eigenvalue weighted by Gasteiger charge is -2.33. The fourth-order valence-electron chi connectivity index (χ4n) is 6.12. The molecule has 2 amide bonds. The topological polar surface area (TPSA) is 157 Å². The van der Waals surface area contributed by atoms with Crippen molar-refractivity contribution in [2.75, 3.05) is 26.3 Å². The first-order chi connectivity index (χ1) is 22.5. The minimum Gasteiger partial charge on any atom is -0.390 e. The molecule has 1 aromatic heterocycles. The summed E-state index contributed by atoms with van der Waals surface area (Å²) in [5.41, 5.74) is 0.749. The second-order valence-electron chi connectivity index (χ2n) is 12.9. The molecule has 262 valence electrons. The molecule has 1 unspecified atom stereocenters. The molecule has 1 saturated carbocycles. The molecule has 1 aliphatic carbocycles. The minimum absolute atomic E-state index is 0.0681. The van der Waals surface area contributed by atoms with Gasteiger partial charge in [0.05, 0.1) is 29.6 Å². The number of thioether (sulfide) groups is 1. The Bertz CT molecular complexity index is 1340. The van der Waals surface area contributed by atoms with E-state index in [0.29, 0.717) is 18.8 Å². The SMILES string of the molecule is CC(C)C[C@H](O)[C@H](O)[C@H](CC1CCCCC1)NC(=O)C(NC(=O)[C@H](Cc1ccccc1)NS(=O)(=O)N1CCOCC1)Sc1cccs1. The third-order valence-corrected chi connectivity index (χ3v) is 12.4. The van der Waals surface area contributed by atoms with Gasteiger partial charge in [-0.15, -0.1) is 11.3 Å². The van der Waals surface area contributed by atoms with Crippen LogP contribution in [0, 0.1) is 11.8 Å². The van der Waals surface area contributed by atoms with Crippen LogP contribution in [0.3, 0.4) is 0 Å². The zero-order valence-corrected chi connectivity index (χ0v) is 29.7. The van der Waals surface area contributed by atoms with Gasteiger partial charge in [0, 0.05) is 13.1 Å². The normalized spacial score (nSPS) is 19.9. The molecular weight excluding hydrogens is 661 g/mol. The number of carbonyl (C=O) groups is 2. The molecule has 2 heterocycles. The molecule has 2 aliphatic rings. The third-order valence-electron chi connectivity index (χ3n) is 8.60. The summed E-state index contributed by atoms with van der Waals surface area (Å²) in [6.45, 7) is 4.79. The van der Waals surface area contributed by atoms with Crippen molar-refractivity contribution in [3.8, 4) is 0 Å². The highest BCUT2D eigenvalue weighted by Crippen LogP contribution is 2.30. The summed E-state index contributed by atoms with van der Waals surface area (Å²) in [6.07, 6.45) is 4.09. The van der Waals surface area contributed by atoms with Crippen LogP contribution in [0.5, 0.6) is 0 Å². The van der Waals surface area contributed by atoms with E-state index in [1.165, 1.54) is 15.6 Å². The lowest BCUT2D eigenvalue weighted by Crippen LogP contribution is -2.58. The van der Waals surface area contributed by atoms with Gasteiger partial charge in [-0.05, 0) is 48.1 Å². The molecule has 2 fully saturated rings. The number of nitrogens with zero attached hydrogens (tertiary/aromatic N) is 1. The van der Waals surface area contributed by atoms with Crippen LogP contribution in [0.1, 0.15) is 64.4 Å². The van der Waals surface area contributed by atoms with E-state index in [4.69, 9.17) is 4.74 Å². The van der Waals surface area contributed by atoms with Crippen LogP contribution in [0.25, 0.3) is 0 Å². The number of nitrogens with one attached hydrogen (secondary N) is 3. The highest BCUT2D eigenvalue weighted by atomic mass is 32.2. The van der Waals surface area contributed by atoms with Gasteiger partial charge >= 0.3 is 0 Å². The molecule has 4 rings (SSSR count). The molecule has 1 saturated heterocycles. The van der Waals surface area contributed by atoms with Crippen molar-refractivity contribution in [3.05, 3.63) is 53.4 Å². The molecule has 5 atom stereocenters. The van der Waals surface area contributed by atoms with Gasteiger partial charge in [0.15, 0.2) is 5.37 Å². The quantitative estimate of drug-likeness (QED) is 0.124. The van der Waals surface area contributed by atoms with E-state index in [-0.39, 0.29) is 38.6 Å². The second kappa shape index (κ2) is 18.6. The number of hydrogen-bond acceptors (Lipinski definition) is 9. The first-order valence-corrected chi connectivity index (χ1v) is 19.8. The van der Waals surface area contributed by atoms with Crippen molar-refractivity contribution in [2.24, 2.45) is 11.8 Å². The van der Waals surface area contributed by atoms with Crippen molar-refractivity contribution >= 4 is 45.1 Å². The van der Waals surface area contributed by atoms with E-state index < -0.39 is 51.7 Å². The summed E-state index contributed by atoms with van der Waals surface area (Å²) in [5, 5.41) is 28.7. The number of thiophene rings is 1. The first kappa shape index (κ1) is 37.8. The van der Waals surface area contributed by atoms with Gasteiger partial charge in [-0.3, -0.25) is 9.59 Å². The van der Waals surface area contributed by atoms with Crippen LogP contribution in [-0.4, -0.2) is 90.7 Å². The minimum atomic E-state index is -4.04. The molecule has 0 spiro atoms. The van der Waals surface area contributed by atoms with E-state index in [1.54, 1.807) is 0 Å². The zero-order chi connectivity index (χ0) is 33.8. The van der Waals surface area contributed by atoms with E-state index in [1.807, 2.05) is 61.7 Å². The zero-order valence-electron chi connectivity index (χ0n) is 27.3. The van der Waals surface area contributed by atoms with Crippen LogP contribution in [-0.2, 0) is 31.0 Å². The number of carbonyl (C=O) groups excluding carboxylic acids is 2. The summed E-state index contributed by atoms with van der Waals surface area (Å²) in [7, 11) is -4.04. The Kier molecular flexibility index (Phi) is 15.0. The van der Waals surface area contributed by atoms with Gasteiger partial charge in [0.25, 0.3) is 16.1 Å². The first-order valence-electron chi connectivity index (χ1n) is 16.6. The van der Waals surface area contributed by atoms with E-state index in [2.05, 4.69) is 15.4 Å². The Hall–Kier alpha value is -2.04. The number of rotatable bonds is 17. The lowest BCUT2D eigenvalue weighted by molar-refractivity contribution is -0.129. The number of aliphatic hydroxyl groups excluding tert-OH is 2. The molecule has 1 aromatic carbocycles. The van der Waals surface area contributed by atoms with Crippen LogP contribution < -0.4 is 15.4 Å². The third kappa shape index (κ3) is 12.1. The van der Waals surface area contributed by atoms with Crippen molar-refractivity contribution in [1.82, 2.24) is 19.7 Å². The number of morpholine rings is 1. The number of aliphatic hydroxyl groups is 2. The average molecular weight is 711 g/mol. The molecule has 1 aliphatic heterocycles. The van der Waals surface area contributed by atoms with Gasteiger partial charge < -0.3 is 25.6 Å².